The number of hydrogen-bond donors (Lipinski definition) is 1. The second-order valence-electron chi connectivity index (χ2n) is 5.37. The van der Waals surface area contributed by atoms with E-state index in [-0.39, 0.29) is 5.91 Å². The minimum atomic E-state index is -0.127. The molecule has 1 amide bonds. The van der Waals surface area contributed by atoms with Crippen LogP contribution in [0.15, 0.2) is 30.6 Å². The summed E-state index contributed by atoms with van der Waals surface area (Å²) < 4.78 is 7.26. The number of nitrogens with one attached hydrogen (secondary N) is 1. The first-order valence-corrected chi connectivity index (χ1v) is 7.37. The highest BCUT2D eigenvalue weighted by atomic mass is 16.5. The summed E-state index contributed by atoms with van der Waals surface area (Å²) in [6.07, 6.45) is 3.44. The van der Waals surface area contributed by atoms with Crippen molar-refractivity contribution in [1.29, 1.82) is 0 Å². The second kappa shape index (κ2) is 6.19. The summed E-state index contributed by atoms with van der Waals surface area (Å²) in [5.41, 5.74) is 3.39. The van der Waals surface area contributed by atoms with E-state index >= 15 is 0 Å². The molecule has 2 aromatic heterocycles. The summed E-state index contributed by atoms with van der Waals surface area (Å²) in [7, 11) is 1.89. The molecule has 3 rings (SSSR count). The van der Waals surface area contributed by atoms with Crippen molar-refractivity contribution in [2.75, 3.05) is 36.5 Å². The highest BCUT2D eigenvalue weighted by Gasteiger charge is 2.17. The largest absolute Gasteiger partial charge is 0.378 e. The first kappa shape index (κ1) is 14.6. The van der Waals surface area contributed by atoms with Crippen LogP contribution in [0.5, 0.6) is 0 Å². The Morgan fingerprint density at radius 1 is 1.27 bits per heavy atom. The number of anilines is 2. The van der Waals surface area contributed by atoms with Crippen molar-refractivity contribution < 1.29 is 9.53 Å². The van der Waals surface area contributed by atoms with E-state index in [4.69, 9.17) is 4.74 Å². The maximum absolute atomic E-state index is 12.5. The first-order chi connectivity index (χ1) is 10.7. The zero-order valence-electron chi connectivity index (χ0n) is 12.9. The maximum Gasteiger partial charge on any atom is 0.272 e. The molecule has 116 valence electrons. The Bertz CT molecular complexity index is 675. The Balaban J connectivity index is 1.83. The molecule has 0 aromatic carbocycles. The van der Waals surface area contributed by atoms with Crippen molar-refractivity contribution in [3.05, 3.63) is 42.0 Å². The molecule has 1 aliphatic heterocycles. The molecule has 0 bridgehead atoms. The smallest absolute Gasteiger partial charge is 0.272 e. The van der Waals surface area contributed by atoms with Gasteiger partial charge in [-0.15, -0.1) is 0 Å². The minimum Gasteiger partial charge on any atom is -0.378 e. The molecule has 6 nitrogen and oxygen atoms in total. The number of morpholine rings is 1. The number of ether oxygens (including phenoxy) is 1. The van der Waals surface area contributed by atoms with Gasteiger partial charge in [-0.25, -0.2) is 0 Å². The van der Waals surface area contributed by atoms with Gasteiger partial charge in [-0.3, -0.25) is 9.78 Å². The molecular formula is C16H20N4O2. The van der Waals surface area contributed by atoms with Crippen LogP contribution in [0.2, 0.25) is 0 Å². The average molecular weight is 300 g/mol. The topological polar surface area (TPSA) is 59.4 Å². The van der Waals surface area contributed by atoms with Crippen LogP contribution in [0.3, 0.4) is 0 Å². The van der Waals surface area contributed by atoms with E-state index in [0.29, 0.717) is 18.9 Å². The van der Waals surface area contributed by atoms with E-state index in [1.165, 1.54) is 0 Å². The van der Waals surface area contributed by atoms with Gasteiger partial charge in [0.1, 0.15) is 5.69 Å². The fourth-order valence-electron chi connectivity index (χ4n) is 2.59. The van der Waals surface area contributed by atoms with E-state index in [0.717, 1.165) is 30.2 Å². The van der Waals surface area contributed by atoms with Crippen molar-refractivity contribution in [3.63, 3.8) is 0 Å². The summed E-state index contributed by atoms with van der Waals surface area (Å²) >= 11 is 0. The highest BCUT2D eigenvalue weighted by Crippen LogP contribution is 2.26. The molecule has 1 saturated heterocycles. The van der Waals surface area contributed by atoms with Gasteiger partial charge in [0, 0.05) is 32.0 Å². The fraction of sp³-hybridized carbons (Fsp3) is 0.375. The van der Waals surface area contributed by atoms with Crippen molar-refractivity contribution in [2.24, 2.45) is 7.05 Å². The van der Waals surface area contributed by atoms with Crippen LogP contribution in [-0.2, 0) is 11.8 Å². The Kier molecular flexibility index (Phi) is 4.11. The van der Waals surface area contributed by atoms with Gasteiger partial charge in [0.15, 0.2) is 0 Å². The van der Waals surface area contributed by atoms with E-state index in [9.17, 15) is 4.79 Å². The normalized spacial score (nSPS) is 14.9. The summed E-state index contributed by atoms with van der Waals surface area (Å²) in [5, 5.41) is 2.97. The zero-order valence-corrected chi connectivity index (χ0v) is 12.9. The lowest BCUT2D eigenvalue weighted by atomic mass is 10.2. The number of aromatic nitrogens is 2. The van der Waals surface area contributed by atoms with Crippen LogP contribution in [0.4, 0.5) is 11.4 Å². The molecule has 0 atom stereocenters. The van der Waals surface area contributed by atoms with E-state index in [2.05, 4.69) is 15.2 Å². The van der Waals surface area contributed by atoms with Crippen LogP contribution < -0.4 is 10.2 Å². The third-order valence-electron chi connectivity index (χ3n) is 4.00. The summed E-state index contributed by atoms with van der Waals surface area (Å²) in [4.78, 5) is 18.8. The maximum atomic E-state index is 12.5. The molecule has 0 spiro atoms. The summed E-state index contributed by atoms with van der Waals surface area (Å²) in [5.74, 6) is -0.127. The van der Waals surface area contributed by atoms with Crippen molar-refractivity contribution in [1.82, 2.24) is 9.55 Å². The fourth-order valence-corrected chi connectivity index (χ4v) is 2.59. The van der Waals surface area contributed by atoms with Gasteiger partial charge >= 0.3 is 0 Å². The molecule has 2 aromatic rings. The number of pyridine rings is 1. The number of hydrogen-bond acceptors (Lipinski definition) is 4. The highest BCUT2D eigenvalue weighted by molar-refractivity contribution is 6.05. The Morgan fingerprint density at radius 2 is 2.05 bits per heavy atom. The van der Waals surface area contributed by atoms with Gasteiger partial charge < -0.3 is 19.5 Å². The van der Waals surface area contributed by atoms with Gasteiger partial charge in [0.25, 0.3) is 5.91 Å². The standard InChI is InChI=1S/C16H20N4O2/c1-12-3-4-15(19(12)2)16(21)18-13-11-17-6-5-14(13)20-7-9-22-10-8-20/h3-6,11H,7-10H2,1-2H3,(H,18,21). The van der Waals surface area contributed by atoms with Crippen LogP contribution in [0, 0.1) is 6.92 Å². The van der Waals surface area contributed by atoms with Gasteiger partial charge in [-0.1, -0.05) is 0 Å². The average Bonchev–Trinajstić information content (AvgIpc) is 2.88. The molecular weight excluding hydrogens is 280 g/mol. The number of amides is 1. The van der Waals surface area contributed by atoms with Crippen molar-refractivity contribution in [3.8, 4) is 0 Å². The number of rotatable bonds is 3. The second-order valence-corrected chi connectivity index (χ2v) is 5.37. The predicted octanol–water partition coefficient (Wildman–Crippen LogP) is 1.82. The van der Waals surface area contributed by atoms with Gasteiger partial charge in [0.05, 0.1) is 30.8 Å². The molecule has 1 N–H and O–H groups in total. The molecule has 22 heavy (non-hydrogen) atoms. The molecule has 3 heterocycles. The van der Waals surface area contributed by atoms with E-state index < -0.39 is 0 Å². The van der Waals surface area contributed by atoms with E-state index in [1.54, 1.807) is 12.4 Å². The summed E-state index contributed by atoms with van der Waals surface area (Å²) in [6.45, 7) is 5.01. The predicted molar refractivity (Wildman–Crippen MR) is 85.4 cm³/mol. The minimum absolute atomic E-state index is 0.127. The van der Waals surface area contributed by atoms with Gasteiger partial charge in [-0.05, 0) is 25.1 Å². The van der Waals surface area contributed by atoms with Crippen LogP contribution in [0.25, 0.3) is 0 Å². The molecule has 1 aliphatic rings. The number of aryl methyl sites for hydroxylation is 1. The molecule has 0 radical (unpaired) electrons. The number of carbonyl (C=O) groups excluding carboxylic acids is 1. The molecule has 0 unspecified atom stereocenters. The lowest BCUT2D eigenvalue weighted by Crippen LogP contribution is -2.36. The molecule has 1 fully saturated rings. The lowest BCUT2D eigenvalue weighted by Gasteiger charge is -2.30. The molecule has 6 heteroatoms. The van der Waals surface area contributed by atoms with E-state index in [1.807, 2.05) is 36.7 Å². The Labute approximate surface area is 129 Å². The number of nitrogens with zero attached hydrogens (tertiary/aromatic N) is 3. The monoisotopic (exact) mass is 300 g/mol. The van der Waals surface area contributed by atoms with Gasteiger partial charge in [-0.2, -0.15) is 0 Å². The lowest BCUT2D eigenvalue weighted by molar-refractivity contribution is 0.101. The SMILES string of the molecule is Cc1ccc(C(=O)Nc2cnccc2N2CCOCC2)n1C. The number of carbonyl (C=O) groups is 1. The summed E-state index contributed by atoms with van der Waals surface area (Å²) in [6, 6.07) is 5.69. The van der Waals surface area contributed by atoms with Crippen LogP contribution in [0.1, 0.15) is 16.2 Å². The van der Waals surface area contributed by atoms with Crippen LogP contribution in [-0.4, -0.2) is 41.8 Å². The van der Waals surface area contributed by atoms with Gasteiger partial charge in [0.2, 0.25) is 0 Å². The van der Waals surface area contributed by atoms with Crippen LogP contribution >= 0.6 is 0 Å². The third kappa shape index (κ3) is 2.82. The molecule has 0 saturated carbocycles. The first-order valence-electron chi connectivity index (χ1n) is 7.37. The van der Waals surface area contributed by atoms with Crippen molar-refractivity contribution in [2.45, 2.75) is 6.92 Å². The zero-order chi connectivity index (χ0) is 15.5. The quantitative estimate of drug-likeness (QED) is 0.939. The Hall–Kier alpha value is -2.34. The Morgan fingerprint density at radius 3 is 2.73 bits per heavy atom. The molecule has 0 aliphatic carbocycles. The third-order valence-corrected chi connectivity index (χ3v) is 4.00. The van der Waals surface area contributed by atoms with Crippen molar-refractivity contribution >= 4 is 17.3 Å².